The van der Waals surface area contributed by atoms with E-state index in [4.69, 9.17) is 0 Å². The van der Waals surface area contributed by atoms with Crippen molar-refractivity contribution in [2.24, 2.45) is 4.99 Å². The molecule has 1 atom stereocenters. The molecule has 1 aliphatic rings. The van der Waals surface area contributed by atoms with Gasteiger partial charge in [-0.25, -0.2) is 0 Å². The number of hydrogen-bond donors (Lipinski definition) is 4. The average molecular weight is 608 g/mol. The summed E-state index contributed by atoms with van der Waals surface area (Å²) in [5, 5.41) is 40.0. The first-order valence-corrected chi connectivity index (χ1v) is 14.4. The Hall–Kier alpha value is -3.26. The summed E-state index contributed by atoms with van der Waals surface area (Å²) < 4.78 is 0. The van der Waals surface area contributed by atoms with Crippen LogP contribution < -0.4 is 0 Å². The lowest BCUT2D eigenvalue weighted by atomic mass is 10.0. The Morgan fingerprint density at radius 2 is 1.26 bits per heavy atom. The van der Waals surface area contributed by atoms with E-state index in [1.54, 1.807) is 9.80 Å². The molecule has 0 radical (unpaired) electrons. The van der Waals surface area contributed by atoms with E-state index in [-0.39, 0.29) is 19.1 Å². The second kappa shape index (κ2) is 19.0. The summed E-state index contributed by atoms with van der Waals surface area (Å²) in [6.07, 6.45) is 3.96. The first-order valence-electron chi connectivity index (χ1n) is 14.0. The smallest absolute Gasteiger partial charge is 0.317 e. The molecule has 14 heteroatoms. The summed E-state index contributed by atoms with van der Waals surface area (Å²) in [6.45, 7) is 1.85. The normalized spacial score (nSPS) is 16.1. The zero-order valence-electron chi connectivity index (χ0n) is 23.8. The summed E-state index contributed by atoms with van der Waals surface area (Å²) in [6, 6.07) is 7.36. The topological polar surface area (TPSA) is 175 Å². The number of thiocarbonyl (C=S) groups is 1. The Bertz CT molecular complexity index is 1040. The van der Waals surface area contributed by atoms with Crippen molar-refractivity contribution in [3.8, 4) is 0 Å². The van der Waals surface area contributed by atoms with Gasteiger partial charge >= 0.3 is 23.9 Å². The van der Waals surface area contributed by atoms with Crippen LogP contribution in [0.4, 0.5) is 5.69 Å². The third-order valence-corrected chi connectivity index (χ3v) is 7.28. The number of benzene rings is 1. The minimum absolute atomic E-state index is 0.176. The summed E-state index contributed by atoms with van der Waals surface area (Å²) in [7, 11) is 0. The summed E-state index contributed by atoms with van der Waals surface area (Å²) >= 11 is 4.63. The van der Waals surface area contributed by atoms with E-state index in [1.165, 1.54) is 4.90 Å². The lowest BCUT2D eigenvalue weighted by molar-refractivity contribution is -0.143. The molecule has 0 aliphatic carbocycles. The van der Waals surface area contributed by atoms with Crippen LogP contribution in [0.1, 0.15) is 31.2 Å². The Labute approximate surface area is 251 Å². The van der Waals surface area contributed by atoms with Crippen molar-refractivity contribution < 1.29 is 39.6 Å². The first kappa shape index (κ1) is 34.9. The van der Waals surface area contributed by atoms with Gasteiger partial charge in [-0.3, -0.25) is 38.8 Å². The number of carbonyl (C=O) groups is 4. The molecule has 13 nitrogen and oxygen atoms in total. The lowest BCUT2D eigenvalue weighted by Crippen LogP contribution is -2.50. The molecule has 1 saturated heterocycles. The van der Waals surface area contributed by atoms with Crippen LogP contribution in [0.3, 0.4) is 0 Å². The fraction of sp³-hybridized carbons (Fsp3) is 0.607. The largest absolute Gasteiger partial charge is 0.480 e. The van der Waals surface area contributed by atoms with E-state index in [2.05, 4.69) is 27.3 Å². The van der Waals surface area contributed by atoms with Crippen LogP contribution in [0.5, 0.6) is 0 Å². The number of carboxylic acid groups (broad SMARTS) is 4. The van der Waals surface area contributed by atoms with E-state index >= 15 is 0 Å². The lowest BCUT2D eigenvalue weighted by Gasteiger charge is -2.35. The number of aryl methyl sites for hydroxylation is 1. The number of aliphatic carboxylic acids is 4. The molecule has 1 unspecified atom stereocenters. The molecule has 0 amide bonds. The van der Waals surface area contributed by atoms with E-state index in [9.17, 15) is 39.6 Å². The Balaban J connectivity index is 2.10. The monoisotopic (exact) mass is 607 g/mol. The predicted octanol–water partition coefficient (Wildman–Crippen LogP) is 1.45. The van der Waals surface area contributed by atoms with Gasteiger partial charge in [0, 0.05) is 51.9 Å². The molecule has 0 aromatic heterocycles. The number of aliphatic imine (C=N–C) groups is 1. The van der Waals surface area contributed by atoms with Gasteiger partial charge in [0.2, 0.25) is 0 Å². The average Bonchev–Trinajstić information content (AvgIpc) is 2.99. The SMILES string of the molecule is O=C(O)CN1CCN(CC(=O)O)CCN(CC(CCCCCc2ccc(N=C=S)cc2)N(CC(=O)O)CC(=O)O)CC1. The fourth-order valence-electron chi connectivity index (χ4n) is 5.09. The van der Waals surface area contributed by atoms with Crippen molar-refractivity contribution in [1.82, 2.24) is 19.6 Å². The predicted molar refractivity (Wildman–Crippen MR) is 159 cm³/mol. The second-order valence-electron chi connectivity index (χ2n) is 10.5. The van der Waals surface area contributed by atoms with Crippen molar-refractivity contribution in [2.75, 3.05) is 72.0 Å². The Morgan fingerprint density at radius 1 is 0.762 bits per heavy atom. The van der Waals surface area contributed by atoms with E-state index in [0.29, 0.717) is 52.2 Å². The van der Waals surface area contributed by atoms with Crippen molar-refractivity contribution in [1.29, 1.82) is 0 Å². The molecule has 1 aromatic carbocycles. The van der Waals surface area contributed by atoms with Crippen LogP contribution in [0.25, 0.3) is 0 Å². The highest BCUT2D eigenvalue weighted by atomic mass is 32.1. The molecule has 42 heavy (non-hydrogen) atoms. The summed E-state index contributed by atoms with van der Waals surface area (Å²) in [5.41, 5.74) is 1.90. The molecular formula is C28H41N5O8S. The first-order chi connectivity index (χ1) is 20.0. The van der Waals surface area contributed by atoms with Gasteiger partial charge in [0.1, 0.15) is 0 Å². The van der Waals surface area contributed by atoms with E-state index in [1.807, 2.05) is 24.3 Å². The van der Waals surface area contributed by atoms with Crippen LogP contribution in [0.15, 0.2) is 29.3 Å². The Morgan fingerprint density at radius 3 is 1.71 bits per heavy atom. The molecule has 1 heterocycles. The minimum atomic E-state index is -1.12. The molecule has 2 rings (SSSR count). The number of rotatable bonds is 18. The minimum Gasteiger partial charge on any atom is -0.480 e. The Kier molecular flexibility index (Phi) is 15.8. The van der Waals surface area contributed by atoms with Crippen molar-refractivity contribution in [3.63, 3.8) is 0 Å². The highest BCUT2D eigenvalue weighted by molar-refractivity contribution is 7.78. The van der Waals surface area contributed by atoms with Gasteiger partial charge in [-0.2, -0.15) is 4.99 Å². The molecular weight excluding hydrogens is 566 g/mol. The van der Waals surface area contributed by atoms with Crippen molar-refractivity contribution in [3.05, 3.63) is 29.8 Å². The van der Waals surface area contributed by atoms with Gasteiger partial charge in [-0.15, -0.1) is 0 Å². The quantitative estimate of drug-likeness (QED) is 0.107. The van der Waals surface area contributed by atoms with Crippen LogP contribution >= 0.6 is 12.2 Å². The third-order valence-electron chi connectivity index (χ3n) is 7.19. The van der Waals surface area contributed by atoms with Gasteiger partial charge < -0.3 is 20.4 Å². The van der Waals surface area contributed by atoms with Gasteiger partial charge in [0.05, 0.1) is 37.0 Å². The van der Waals surface area contributed by atoms with Gasteiger partial charge in [-0.1, -0.05) is 25.0 Å². The number of nitrogens with zero attached hydrogens (tertiary/aromatic N) is 5. The molecule has 232 valence electrons. The molecule has 0 saturated carbocycles. The van der Waals surface area contributed by atoms with Crippen LogP contribution in [0, 0.1) is 0 Å². The number of unbranched alkanes of at least 4 members (excludes halogenated alkanes) is 2. The molecule has 4 N–H and O–H groups in total. The zero-order chi connectivity index (χ0) is 30.9. The van der Waals surface area contributed by atoms with Gasteiger partial charge in [-0.05, 0) is 49.2 Å². The number of carboxylic acids is 4. The maximum Gasteiger partial charge on any atom is 0.317 e. The zero-order valence-corrected chi connectivity index (χ0v) is 24.6. The molecule has 0 spiro atoms. The summed E-state index contributed by atoms with van der Waals surface area (Å²) in [4.78, 5) is 57.0. The van der Waals surface area contributed by atoms with Gasteiger partial charge in [0.25, 0.3) is 0 Å². The second-order valence-corrected chi connectivity index (χ2v) is 10.6. The van der Waals surface area contributed by atoms with Crippen LogP contribution in [0.2, 0.25) is 0 Å². The molecule has 1 aromatic rings. The standard InChI is InChI=1S/C28H41N5O8S/c34-25(35)17-31-12-10-30(11-13-32(15-14-31)18-26(36)37)16-24(33(19-27(38)39)20-28(40)41)5-3-1-2-4-22-6-8-23(9-7-22)29-21-42/h6-9,24H,1-5,10-20H2,(H,34,35)(H,36,37)(H,38,39)(H,40,41). The van der Waals surface area contributed by atoms with Crippen molar-refractivity contribution in [2.45, 2.75) is 38.1 Å². The number of isothiocyanates is 1. The molecule has 1 fully saturated rings. The third kappa shape index (κ3) is 14.6. The molecule has 0 bridgehead atoms. The maximum absolute atomic E-state index is 11.6. The highest BCUT2D eigenvalue weighted by Crippen LogP contribution is 2.17. The van der Waals surface area contributed by atoms with Crippen LogP contribution in [-0.4, -0.2) is 147 Å². The van der Waals surface area contributed by atoms with Crippen LogP contribution in [-0.2, 0) is 25.6 Å². The van der Waals surface area contributed by atoms with E-state index in [0.717, 1.165) is 36.9 Å². The van der Waals surface area contributed by atoms with Gasteiger partial charge in [0.15, 0.2) is 0 Å². The van der Waals surface area contributed by atoms with E-state index < -0.39 is 37.0 Å². The van der Waals surface area contributed by atoms with Crippen molar-refractivity contribution >= 4 is 46.9 Å². The fourth-order valence-corrected chi connectivity index (χ4v) is 5.20. The molecule has 1 aliphatic heterocycles. The highest BCUT2D eigenvalue weighted by Gasteiger charge is 2.27. The maximum atomic E-state index is 11.6. The number of hydrogen-bond acceptors (Lipinski definition) is 10. The summed E-state index contributed by atoms with van der Waals surface area (Å²) in [5.74, 6) is -4.19.